The van der Waals surface area contributed by atoms with Crippen molar-refractivity contribution in [3.05, 3.63) is 88.5 Å². The van der Waals surface area contributed by atoms with Gasteiger partial charge in [-0.1, -0.05) is 46.3 Å². The molecule has 3 aromatic rings. The number of halogens is 1. The van der Waals surface area contributed by atoms with E-state index in [0.717, 1.165) is 24.1 Å². The number of pyridine rings is 1. The van der Waals surface area contributed by atoms with Gasteiger partial charge in [-0.2, -0.15) is 0 Å². The van der Waals surface area contributed by atoms with Crippen LogP contribution in [0.15, 0.2) is 87.3 Å². The molecule has 160 valence electrons. The summed E-state index contributed by atoms with van der Waals surface area (Å²) in [5.74, 6) is -0.126. The fraction of sp³-hybridized carbons (Fsp3) is 0.217. The average molecular weight is 500 g/mol. The molecule has 2 aromatic carbocycles. The molecule has 0 spiro atoms. The van der Waals surface area contributed by atoms with E-state index in [9.17, 15) is 13.2 Å². The molecule has 0 radical (unpaired) electrons. The van der Waals surface area contributed by atoms with E-state index in [4.69, 9.17) is 0 Å². The van der Waals surface area contributed by atoms with Gasteiger partial charge in [-0.05, 0) is 42.0 Å². The van der Waals surface area contributed by atoms with E-state index in [0.29, 0.717) is 18.7 Å². The number of aromatic nitrogens is 1. The SMILES string of the molecule is O=C(c1ccc(S(=O)(=O)c2ccc(Br)cc2)nc1)N1CCN(Cc2ccccc2)CC1. The van der Waals surface area contributed by atoms with Gasteiger partial charge in [0.05, 0.1) is 10.5 Å². The van der Waals surface area contributed by atoms with Crippen molar-refractivity contribution in [2.75, 3.05) is 26.2 Å². The lowest BCUT2D eigenvalue weighted by molar-refractivity contribution is 0.0628. The Balaban J connectivity index is 1.39. The Kier molecular flexibility index (Phi) is 6.50. The summed E-state index contributed by atoms with van der Waals surface area (Å²) in [7, 11) is -3.72. The van der Waals surface area contributed by atoms with E-state index in [-0.39, 0.29) is 15.8 Å². The maximum absolute atomic E-state index is 12.8. The third-order valence-corrected chi connectivity index (χ3v) is 7.50. The highest BCUT2D eigenvalue weighted by Gasteiger charge is 2.24. The van der Waals surface area contributed by atoms with Gasteiger partial charge in [0.2, 0.25) is 9.84 Å². The van der Waals surface area contributed by atoms with E-state index < -0.39 is 9.84 Å². The van der Waals surface area contributed by atoms with Crippen LogP contribution in [-0.2, 0) is 16.4 Å². The van der Waals surface area contributed by atoms with Crippen LogP contribution in [0.25, 0.3) is 0 Å². The monoisotopic (exact) mass is 499 g/mol. The Morgan fingerprint density at radius 3 is 2.19 bits per heavy atom. The molecule has 0 atom stereocenters. The largest absolute Gasteiger partial charge is 0.336 e. The van der Waals surface area contributed by atoms with Crippen molar-refractivity contribution >= 4 is 31.7 Å². The summed E-state index contributed by atoms with van der Waals surface area (Å²) in [6.45, 7) is 3.72. The molecule has 1 aliphatic rings. The van der Waals surface area contributed by atoms with Crippen LogP contribution in [0.4, 0.5) is 0 Å². The van der Waals surface area contributed by atoms with Crippen molar-refractivity contribution < 1.29 is 13.2 Å². The second-order valence-electron chi connectivity index (χ2n) is 7.40. The lowest BCUT2D eigenvalue weighted by atomic mass is 10.2. The van der Waals surface area contributed by atoms with Crippen LogP contribution in [0, 0.1) is 0 Å². The number of piperazine rings is 1. The molecule has 1 amide bonds. The Morgan fingerprint density at radius 2 is 1.58 bits per heavy atom. The second kappa shape index (κ2) is 9.30. The van der Waals surface area contributed by atoms with E-state index in [1.807, 2.05) is 18.2 Å². The summed E-state index contributed by atoms with van der Waals surface area (Å²) in [6, 6.07) is 19.6. The minimum Gasteiger partial charge on any atom is -0.336 e. The van der Waals surface area contributed by atoms with Gasteiger partial charge in [-0.25, -0.2) is 13.4 Å². The summed E-state index contributed by atoms with van der Waals surface area (Å²) >= 11 is 3.30. The van der Waals surface area contributed by atoms with Crippen LogP contribution < -0.4 is 0 Å². The van der Waals surface area contributed by atoms with Gasteiger partial charge < -0.3 is 4.90 Å². The van der Waals surface area contributed by atoms with Crippen molar-refractivity contribution in [2.45, 2.75) is 16.5 Å². The van der Waals surface area contributed by atoms with Crippen LogP contribution in [0.2, 0.25) is 0 Å². The minimum absolute atomic E-state index is 0.0703. The Bertz CT molecular complexity index is 1140. The fourth-order valence-electron chi connectivity index (χ4n) is 3.53. The zero-order valence-corrected chi connectivity index (χ0v) is 19.2. The first-order valence-corrected chi connectivity index (χ1v) is 12.2. The molecular weight excluding hydrogens is 478 g/mol. The number of hydrogen-bond donors (Lipinski definition) is 0. The molecule has 1 fully saturated rings. The molecule has 8 heteroatoms. The third-order valence-electron chi connectivity index (χ3n) is 5.29. The maximum atomic E-state index is 12.8. The number of benzene rings is 2. The van der Waals surface area contributed by atoms with Gasteiger partial charge in [0, 0.05) is 43.4 Å². The van der Waals surface area contributed by atoms with Crippen molar-refractivity contribution in [3.63, 3.8) is 0 Å². The van der Waals surface area contributed by atoms with Crippen molar-refractivity contribution in [2.24, 2.45) is 0 Å². The van der Waals surface area contributed by atoms with Gasteiger partial charge in [-0.3, -0.25) is 9.69 Å². The Morgan fingerprint density at radius 1 is 0.903 bits per heavy atom. The van der Waals surface area contributed by atoms with Crippen molar-refractivity contribution in [3.8, 4) is 0 Å². The molecule has 0 N–H and O–H groups in total. The summed E-state index contributed by atoms with van der Waals surface area (Å²) in [4.78, 5) is 21.2. The molecule has 31 heavy (non-hydrogen) atoms. The fourth-order valence-corrected chi connectivity index (χ4v) is 4.97. The minimum atomic E-state index is -3.72. The normalized spacial score (nSPS) is 15.1. The van der Waals surface area contributed by atoms with E-state index >= 15 is 0 Å². The third kappa shape index (κ3) is 5.03. The molecule has 4 rings (SSSR count). The summed E-state index contributed by atoms with van der Waals surface area (Å²) in [5.41, 5.74) is 1.65. The molecule has 1 aromatic heterocycles. The smallest absolute Gasteiger partial charge is 0.255 e. The average Bonchev–Trinajstić information content (AvgIpc) is 2.80. The molecule has 0 bridgehead atoms. The van der Waals surface area contributed by atoms with E-state index in [1.54, 1.807) is 17.0 Å². The number of sulfone groups is 1. The van der Waals surface area contributed by atoms with Gasteiger partial charge in [-0.15, -0.1) is 0 Å². The van der Waals surface area contributed by atoms with Crippen LogP contribution in [-0.4, -0.2) is 55.3 Å². The molecule has 1 saturated heterocycles. The Hall–Kier alpha value is -2.55. The second-order valence-corrected chi connectivity index (χ2v) is 10.2. The molecule has 2 heterocycles. The van der Waals surface area contributed by atoms with Crippen LogP contribution in [0.3, 0.4) is 0 Å². The number of carbonyl (C=O) groups is 1. The van der Waals surface area contributed by atoms with E-state index in [1.165, 1.54) is 36.0 Å². The predicted molar refractivity (Wildman–Crippen MR) is 121 cm³/mol. The highest BCUT2D eigenvalue weighted by Crippen LogP contribution is 2.21. The number of rotatable bonds is 5. The molecule has 0 aliphatic carbocycles. The molecule has 0 unspecified atom stereocenters. The summed E-state index contributed by atoms with van der Waals surface area (Å²) in [5, 5.41) is -0.0703. The molecular formula is C23H22BrN3O3S. The molecule has 6 nitrogen and oxygen atoms in total. The van der Waals surface area contributed by atoms with Gasteiger partial charge in [0.25, 0.3) is 5.91 Å². The Labute approximate surface area is 190 Å². The highest BCUT2D eigenvalue weighted by atomic mass is 79.9. The molecule has 0 saturated carbocycles. The van der Waals surface area contributed by atoms with Gasteiger partial charge in [0.1, 0.15) is 0 Å². The zero-order chi connectivity index (χ0) is 21.8. The number of nitrogens with zero attached hydrogens (tertiary/aromatic N) is 3. The van der Waals surface area contributed by atoms with Crippen molar-refractivity contribution in [1.29, 1.82) is 0 Å². The summed E-state index contributed by atoms with van der Waals surface area (Å²) in [6.07, 6.45) is 1.35. The van der Waals surface area contributed by atoms with Crippen LogP contribution >= 0.6 is 15.9 Å². The zero-order valence-electron chi connectivity index (χ0n) is 16.8. The maximum Gasteiger partial charge on any atom is 0.255 e. The topological polar surface area (TPSA) is 70.6 Å². The highest BCUT2D eigenvalue weighted by molar-refractivity contribution is 9.10. The van der Waals surface area contributed by atoms with E-state index in [2.05, 4.69) is 37.9 Å². The number of hydrogen-bond acceptors (Lipinski definition) is 5. The van der Waals surface area contributed by atoms with Gasteiger partial charge >= 0.3 is 0 Å². The van der Waals surface area contributed by atoms with Crippen LogP contribution in [0.1, 0.15) is 15.9 Å². The standard InChI is InChI=1S/C23H22BrN3O3S/c24-20-7-9-21(10-8-20)31(29,30)22-11-6-19(16-25-22)23(28)27-14-12-26(13-15-27)17-18-4-2-1-3-5-18/h1-11,16H,12-15,17H2. The van der Waals surface area contributed by atoms with Crippen molar-refractivity contribution in [1.82, 2.24) is 14.8 Å². The predicted octanol–water partition coefficient (Wildman–Crippen LogP) is 3.63. The number of carbonyl (C=O) groups excluding carboxylic acids is 1. The number of amides is 1. The molecule has 1 aliphatic heterocycles. The first kappa shape index (κ1) is 21.7. The lowest BCUT2D eigenvalue weighted by Crippen LogP contribution is -2.48. The van der Waals surface area contributed by atoms with Gasteiger partial charge in [0.15, 0.2) is 5.03 Å². The lowest BCUT2D eigenvalue weighted by Gasteiger charge is -2.34. The first-order chi connectivity index (χ1) is 14.9. The van der Waals surface area contributed by atoms with Crippen LogP contribution in [0.5, 0.6) is 0 Å². The first-order valence-electron chi connectivity index (χ1n) is 9.96. The summed E-state index contributed by atoms with van der Waals surface area (Å²) < 4.78 is 26.3. The quantitative estimate of drug-likeness (QED) is 0.535.